The Labute approximate surface area is 106 Å². The normalized spacial score (nSPS) is 10.2. The molecule has 0 aromatic carbocycles. The SMILES string of the molecule is Cc1ccc(CNc2cc(C)nc(NN)n2)cn1. The van der Waals surface area contributed by atoms with Gasteiger partial charge in [-0.25, -0.2) is 10.8 Å². The monoisotopic (exact) mass is 244 g/mol. The van der Waals surface area contributed by atoms with Crippen LogP contribution in [0.2, 0.25) is 0 Å². The van der Waals surface area contributed by atoms with Crippen molar-refractivity contribution in [3.8, 4) is 0 Å². The van der Waals surface area contributed by atoms with E-state index in [-0.39, 0.29) is 0 Å². The van der Waals surface area contributed by atoms with Gasteiger partial charge in [0, 0.05) is 30.2 Å². The lowest BCUT2D eigenvalue weighted by atomic mass is 10.2. The summed E-state index contributed by atoms with van der Waals surface area (Å²) in [6.45, 7) is 4.51. The van der Waals surface area contributed by atoms with E-state index in [0.717, 1.165) is 22.8 Å². The highest BCUT2D eigenvalue weighted by Crippen LogP contribution is 2.10. The maximum Gasteiger partial charge on any atom is 0.239 e. The molecule has 2 heterocycles. The molecular weight excluding hydrogens is 228 g/mol. The molecule has 0 bridgehead atoms. The number of hydrogen-bond acceptors (Lipinski definition) is 6. The molecule has 0 spiro atoms. The van der Waals surface area contributed by atoms with Gasteiger partial charge in [0.15, 0.2) is 0 Å². The van der Waals surface area contributed by atoms with Crippen molar-refractivity contribution < 1.29 is 0 Å². The molecule has 0 saturated carbocycles. The van der Waals surface area contributed by atoms with Crippen molar-refractivity contribution in [3.63, 3.8) is 0 Å². The predicted molar refractivity (Wildman–Crippen MR) is 70.9 cm³/mol. The summed E-state index contributed by atoms with van der Waals surface area (Å²) < 4.78 is 0. The third-order valence-corrected chi connectivity index (χ3v) is 2.43. The van der Waals surface area contributed by atoms with Crippen molar-refractivity contribution in [2.24, 2.45) is 5.84 Å². The quantitative estimate of drug-likeness (QED) is 0.556. The van der Waals surface area contributed by atoms with Crippen LogP contribution in [0.3, 0.4) is 0 Å². The summed E-state index contributed by atoms with van der Waals surface area (Å²) in [5, 5.41) is 3.21. The molecule has 4 N–H and O–H groups in total. The Hall–Kier alpha value is -2.21. The maximum absolute atomic E-state index is 5.30. The van der Waals surface area contributed by atoms with Gasteiger partial charge in [0.2, 0.25) is 5.95 Å². The number of nitrogens with two attached hydrogens (primary N) is 1. The highest BCUT2D eigenvalue weighted by molar-refractivity contribution is 5.42. The predicted octanol–water partition coefficient (Wildman–Crippen LogP) is 1.39. The molecule has 18 heavy (non-hydrogen) atoms. The van der Waals surface area contributed by atoms with Gasteiger partial charge < -0.3 is 5.32 Å². The van der Waals surface area contributed by atoms with Gasteiger partial charge in [-0.1, -0.05) is 6.07 Å². The molecule has 0 atom stereocenters. The van der Waals surface area contributed by atoms with Crippen molar-refractivity contribution in [1.82, 2.24) is 15.0 Å². The van der Waals surface area contributed by atoms with Gasteiger partial charge in [0.1, 0.15) is 5.82 Å². The first-order valence-corrected chi connectivity index (χ1v) is 5.65. The fraction of sp³-hybridized carbons (Fsp3) is 0.250. The first-order valence-electron chi connectivity index (χ1n) is 5.65. The first kappa shape index (κ1) is 12.3. The van der Waals surface area contributed by atoms with E-state index in [4.69, 9.17) is 5.84 Å². The third-order valence-electron chi connectivity index (χ3n) is 2.43. The van der Waals surface area contributed by atoms with E-state index in [9.17, 15) is 0 Å². The highest BCUT2D eigenvalue weighted by Gasteiger charge is 2.01. The fourth-order valence-corrected chi connectivity index (χ4v) is 1.52. The van der Waals surface area contributed by atoms with Crippen molar-refractivity contribution in [3.05, 3.63) is 41.3 Å². The van der Waals surface area contributed by atoms with E-state index < -0.39 is 0 Å². The van der Waals surface area contributed by atoms with Gasteiger partial charge in [-0.05, 0) is 25.5 Å². The zero-order chi connectivity index (χ0) is 13.0. The lowest BCUT2D eigenvalue weighted by Gasteiger charge is -2.08. The van der Waals surface area contributed by atoms with E-state index in [1.807, 2.05) is 38.2 Å². The second-order valence-corrected chi connectivity index (χ2v) is 4.02. The van der Waals surface area contributed by atoms with Crippen molar-refractivity contribution in [2.45, 2.75) is 20.4 Å². The number of nitrogen functional groups attached to an aromatic ring is 1. The van der Waals surface area contributed by atoms with Crippen LogP contribution < -0.4 is 16.6 Å². The zero-order valence-electron chi connectivity index (χ0n) is 10.4. The molecule has 0 aliphatic rings. The van der Waals surface area contributed by atoms with E-state index >= 15 is 0 Å². The van der Waals surface area contributed by atoms with Gasteiger partial charge >= 0.3 is 0 Å². The van der Waals surface area contributed by atoms with Crippen LogP contribution in [0.5, 0.6) is 0 Å². The summed E-state index contributed by atoms with van der Waals surface area (Å²) in [6.07, 6.45) is 1.85. The molecule has 0 radical (unpaired) electrons. The largest absolute Gasteiger partial charge is 0.366 e. The summed E-state index contributed by atoms with van der Waals surface area (Å²) in [6, 6.07) is 5.88. The Morgan fingerprint density at radius 2 is 2.00 bits per heavy atom. The van der Waals surface area contributed by atoms with Crippen LogP contribution in [0.25, 0.3) is 0 Å². The Bertz CT molecular complexity index is 523. The van der Waals surface area contributed by atoms with E-state index in [2.05, 4.69) is 25.7 Å². The first-order chi connectivity index (χ1) is 8.67. The molecule has 0 amide bonds. The molecule has 2 aromatic heterocycles. The molecule has 2 aromatic rings. The minimum absolute atomic E-state index is 0.402. The van der Waals surface area contributed by atoms with Gasteiger partial charge in [-0.15, -0.1) is 0 Å². The summed E-state index contributed by atoms with van der Waals surface area (Å²) >= 11 is 0. The van der Waals surface area contributed by atoms with Crippen LogP contribution in [0, 0.1) is 13.8 Å². The second kappa shape index (κ2) is 5.42. The number of hydrogen-bond donors (Lipinski definition) is 3. The Morgan fingerprint density at radius 1 is 1.17 bits per heavy atom. The molecule has 0 saturated heterocycles. The summed E-state index contributed by atoms with van der Waals surface area (Å²) in [4.78, 5) is 12.6. The smallest absolute Gasteiger partial charge is 0.239 e. The van der Waals surface area contributed by atoms with Crippen LogP contribution in [-0.4, -0.2) is 15.0 Å². The average molecular weight is 244 g/mol. The number of pyridine rings is 1. The molecule has 0 aliphatic heterocycles. The highest BCUT2D eigenvalue weighted by atomic mass is 15.3. The fourth-order valence-electron chi connectivity index (χ4n) is 1.52. The van der Waals surface area contributed by atoms with Crippen molar-refractivity contribution in [1.29, 1.82) is 0 Å². The van der Waals surface area contributed by atoms with Gasteiger partial charge in [0.25, 0.3) is 0 Å². The number of nitrogens with zero attached hydrogens (tertiary/aromatic N) is 3. The van der Waals surface area contributed by atoms with Gasteiger partial charge in [0.05, 0.1) is 0 Å². The molecule has 0 unspecified atom stereocenters. The van der Waals surface area contributed by atoms with Gasteiger partial charge in [-0.3, -0.25) is 10.4 Å². The minimum atomic E-state index is 0.402. The van der Waals surface area contributed by atoms with Crippen LogP contribution in [-0.2, 0) is 6.54 Å². The van der Waals surface area contributed by atoms with Gasteiger partial charge in [-0.2, -0.15) is 4.98 Å². The second-order valence-electron chi connectivity index (χ2n) is 4.02. The molecule has 2 rings (SSSR count). The van der Waals surface area contributed by atoms with Crippen LogP contribution >= 0.6 is 0 Å². The van der Waals surface area contributed by atoms with Crippen molar-refractivity contribution >= 4 is 11.8 Å². The van der Waals surface area contributed by atoms with E-state index in [1.165, 1.54) is 0 Å². The minimum Gasteiger partial charge on any atom is -0.366 e. The van der Waals surface area contributed by atoms with Crippen LogP contribution in [0.15, 0.2) is 24.4 Å². The number of aromatic nitrogens is 3. The Balaban J connectivity index is 2.05. The molecule has 0 aliphatic carbocycles. The van der Waals surface area contributed by atoms with E-state index in [0.29, 0.717) is 12.5 Å². The number of nitrogens with one attached hydrogen (secondary N) is 2. The summed E-state index contributed by atoms with van der Waals surface area (Å²) in [5.74, 6) is 6.43. The topological polar surface area (TPSA) is 88.8 Å². The number of aryl methyl sites for hydroxylation is 2. The number of rotatable bonds is 4. The lowest BCUT2D eigenvalue weighted by molar-refractivity contribution is 1.03. The lowest BCUT2D eigenvalue weighted by Crippen LogP contribution is -2.12. The summed E-state index contributed by atoms with van der Waals surface area (Å²) in [5.41, 5.74) is 5.39. The van der Waals surface area contributed by atoms with Crippen LogP contribution in [0.4, 0.5) is 11.8 Å². The average Bonchev–Trinajstić information content (AvgIpc) is 2.37. The molecule has 6 heteroatoms. The molecule has 6 nitrogen and oxygen atoms in total. The number of hydrazine groups is 1. The summed E-state index contributed by atoms with van der Waals surface area (Å²) in [7, 11) is 0. The molecular formula is C12H16N6. The Kier molecular flexibility index (Phi) is 3.69. The third kappa shape index (κ3) is 3.14. The maximum atomic E-state index is 5.30. The van der Waals surface area contributed by atoms with E-state index in [1.54, 1.807) is 0 Å². The standard InChI is InChI=1S/C12H16N6/c1-8-3-4-10(6-14-8)7-15-11-5-9(2)16-12(17-11)18-13/h3-6H,7,13H2,1-2H3,(H2,15,16,17,18). The molecule has 94 valence electrons. The zero-order valence-corrected chi connectivity index (χ0v) is 10.4. The molecule has 0 fully saturated rings. The Morgan fingerprint density at radius 3 is 2.67 bits per heavy atom. The number of anilines is 2. The van der Waals surface area contributed by atoms with Crippen LogP contribution in [0.1, 0.15) is 17.0 Å². The van der Waals surface area contributed by atoms with Crippen molar-refractivity contribution in [2.75, 3.05) is 10.7 Å².